The summed E-state index contributed by atoms with van der Waals surface area (Å²) in [5, 5.41) is 3.71. The molecule has 1 atom stereocenters. The minimum absolute atomic E-state index is 0.0135. The Morgan fingerprint density at radius 3 is 2.90 bits per heavy atom. The van der Waals surface area contributed by atoms with E-state index in [1.807, 2.05) is 42.3 Å². The van der Waals surface area contributed by atoms with Gasteiger partial charge in [-0.05, 0) is 18.4 Å². The summed E-state index contributed by atoms with van der Waals surface area (Å²) < 4.78 is 3.30. The van der Waals surface area contributed by atoms with Crippen molar-refractivity contribution in [2.24, 2.45) is 7.05 Å². The van der Waals surface area contributed by atoms with Crippen LogP contribution in [0.4, 0.5) is 5.13 Å². The molecule has 0 saturated carbocycles. The van der Waals surface area contributed by atoms with Crippen molar-refractivity contribution < 1.29 is 4.79 Å². The number of aromatic nitrogens is 4. The van der Waals surface area contributed by atoms with Crippen molar-refractivity contribution in [3.8, 4) is 0 Å². The maximum atomic E-state index is 12.8. The quantitative estimate of drug-likeness (QED) is 0.558. The minimum atomic E-state index is -0.281. The molecule has 1 aliphatic rings. The Morgan fingerprint density at radius 1 is 1.24 bits per heavy atom. The monoisotopic (exact) mass is 408 g/mol. The van der Waals surface area contributed by atoms with Gasteiger partial charge in [-0.3, -0.25) is 9.59 Å². The summed E-state index contributed by atoms with van der Waals surface area (Å²) in [6, 6.07) is 9.57. The van der Waals surface area contributed by atoms with Gasteiger partial charge in [0.2, 0.25) is 11.7 Å². The first kappa shape index (κ1) is 17.9. The topological polar surface area (TPSA) is 84.5 Å². The van der Waals surface area contributed by atoms with E-state index in [1.54, 1.807) is 17.0 Å². The van der Waals surface area contributed by atoms with Gasteiger partial charge in [-0.15, -0.1) is 0 Å². The summed E-state index contributed by atoms with van der Waals surface area (Å²) >= 11 is 1.37. The lowest BCUT2D eigenvalue weighted by Crippen LogP contribution is -2.43. The third kappa shape index (κ3) is 3.07. The van der Waals surface area contributed by atoms with E-state index in [9.17, 15) is 9.59 Å². The van der Waals surface area contributed by atoms with Gasteiger partial charge in [0, 0.05) is 32.5 Å². The second-order valence-corrected chi connectivity index (χ2v) is 8.16. The fourth-order valence-corrected chi connectivity index (χ4v) is 4.78. The van der Waals surface area contributed by atoms with Crippen molar-refractivity contribution >= 4 is 38.5 Å². The highest BCUT2D eigenvalue weighted by molar-refractivity contribution is 7.21. The molecule has 148 valence electrons. The summed E-state index contributed by atoms with van der Waals surface area (Å²) in [5.41, 5.74) is 1.23. The summed E-state index contributed by atoms with van der Waals surface area (Å²) in [6.07, 6.45) is 5.17. The number of benzene rings is 1. The first-order chi connectivity index (χ1) is 14.1. The molecule has 1 unspecified atom stereocenters. The standard InChI is InChI=1S/C20H20N6O2S/c1-24-10-11-26-18(28)15-17(23-19(24)26)29-20(22-15)25-9-5-8-14(25)16(27)21-12-13-6-3-2-4-7-13/h2-4,6-7,10-11,14H,5,8-9,12H2,1H3,(H,21,27). The average molecular weight is 408 g/mol. The zero-order valence-electron chi connectivity index (χ0n) is 15.9. The van der Waals surface area contributed by atoms with Gasteiger partial charge < -0.3 is 14.8 Å². The lowest BCUT2D eigenvalue weighted by Gasteiger charge is -2.23. The SMILES string of the molecule is Cn1ccn2c(=O)c3nc(N4CCCC4C(=O)NCc4ccccc4)sc3nc12. The molecule has 5 rings (SSSR count). The third-order valence-electron chi connectivity index (χ3n) is 5.30. The van der Waals surface area contributed by atoms with Crippen LogP contribution in [-0.4, -0.2) is 37.4 Å². The number of fused-ring (bicyclic) bond motifs is 2. The van der Waals surface area contributed by atoms with Crippen LogP contribution in [0.1, 0.15) is 18.4 Å². The highest BCUT2D eigenvalue weighted by atomic mass is 32.1. The number of rotatable bonds is 4. The van der Waals surface area contributed by atoms with Gasteiger partial charge in [-0.2, -0.15) is 0 Å². The molecule has 1 saturated heterocycles. The maximum absolute atomic E-state index is 12.8. The Hall–Kier alpha value is -3.20. The molecule has 1 aromatic carbocycles. The van der Waals surface area contributed by atoms with Crippen molar-refractivity contribution in [3.05, 3.63) is 58.6 Å². The van der Waals surface area contributed by atoms with Crippen LogP contribution in [0.15, 0.2) is 47.5 Å². The zero-order chi connectivity index (χ0) is 20.0. The number of carbonyl (C=O) groups is 1. The van der Waals surface area contributed by atoms with Crippen LogP contribution < -0.4 is 15.8 Å². The summed E-state index contributed by atoms with van der Waals surface area (Å²) in [5.74, 6) is 0.566. The van der Waals surface area contributed by atoms with Crippen molar-refractivity contribution in [1.29, 1.82) is 0 Å². The Kier molecular flexibility index (Phi) is 4.31. The molecule has 29 heavy (non-hydrogen) atoms. The maximum Gasteiger partial charge on any atom is 0.286 e. The van der Waals surface area contributed by atoms with Crippen LogP contribution in [0.5, 0.6) is 0 Å². The van der Waals surface area contributed by atoms with Gasteiger partial charge in [0.15, 0.2) is 15.5 Å². The van der Waals surface area contributed by atoms with Gasteiger partial charge in [-0.1, -0.05) is 41.7 Å². The molecule has 0 bridgehead atoms. The first-order valence-corrected chi connectivity index (χ1v) is 10.4. The fourth-order valence-electron chi connectivity index (χ4n) is 3.78. The van der Waals surface area contributed by atoms with Crippen LogP contribution in [-0.2, 0) is 18.4 Å². The molecule has 1 N–H and O–H groups in total. The number of imidazole rings is 1. The van der Waals surface area contributed by atoms with E-state index < -0.39 is 0 Å². The van der Waals surface area contributed by atoms with Gasteiger partial charge >= 0.3 is 0 Å². The van der Waals surface area contributed by atoms with Gasteiger partial charge in [0.1, 0.15) is 6.04 Å². The van der Waals surface area contributed by atoms with Gasteiger partial charge in [0.25, 0.3) is 5.56 Å². The first-order valence-electron chi connectivity index (χ1n) is 9.54. The lowest BCUT2D eigenvalue weighted by atomic mass is 10.2. The number of hydrogen-bond acceptors (Lipinski definition) is 6. The lowest BCUT2D eigenvalue weighted by molar-refractivity contribution is -0.122. The molecule has 4 heterocycles. The largest absolute Gasteiger partial charge is 0.350 e. The number of thiazole rings is 1. The molecule has 3 aromatic heterocycles. The molecule has 8 nitrogen and oxygen atoms in total. The van der Waals surface area contributed by atoms with Crippen molar-refractivity contribution in [1.82, 2.24) is 24.3 Å². The molecule has 1 fully saturated rings. The third-order valence-corrected chi connectivity index (χ3v) is 6.29. The molecule has 0 radical (unpaired) electrons. The van der Waals surface area contributed by atoms with Gasteiger partial charge in [-0.25, -0.2) is 14.4 Å². The molecule has 9 heteroatoms. The Morgan fingerprint density at radius 2 is 2.07 bits per heavy atom. The van der Waals surface area contributed by atoms with Crippen LogP contribution in [0, 0.1) is 0 Å². The van der Waals surface area contributed by atoms with Crippen LogP contribution in [0.3, 0.4) is 0 Å². The molecular weight excluding hydrogens is 388 g/mol. The molecule has 0 spiro atoms. The Bertz CT molecular complexity index is 1260. The second kappa shape index (κ2) is 7.00. The smallest absolute Gasteiger partial charge is 0.286 e. The zero-order valence-corrected chi connectivity index (χ0v) is 16.7. The Labute approximate surface area is 170 Å². The minimum Gasteiger partial charge on any atom is -0.350 e. The molecule has 1 amide bonds. The van der Waals surface area contributed by atoms with Crippen LogP contribution in [0.2, 0.25) is 0 Å². The number of anilines is 1. The second-order valence-electron chi connectivity index (χ2n) is 7.20. The molecule has 4 aromatic rings. The molecular formula is C20H20N6O2S. The summed E-state index contributed by atoms with van der Waals surface area (Å²) in [7, 11) is 1.85. The highest BCUT2D eigenvalue weighted by Crippen LogP contribution is 2.31. The van der Waals surface area contributed by atoms with Crippen molar-refractivity contribution in [2.75, 3.05) is 11.4 Å². The van der Waals surface area contributed by atoms with E-state index in [4.69, 9.17) is 0 Å². The molecule has 0 aliphatic carbocycles. The predicted octanol–water partition coefficient (Wildman–Crippen LogP) is 1.93. The van der Waals surface area contributed by atoms with E-state index in [-0.39, 0.29) is 17.5 Å². The number of nitrogens with zero attached hydrogens (tertiary/aromatic N) is 5. The number of hydrogen-bond donors (Lipinski definition) is 1. The average Bonchev–Trinajstić information content (AvgIpc) is 3.46. The van der Waals surface area contributed by atoms with Crippen molar-refractivity contribution in [3.63, 3.8) is 0 Å². The normalized spacial score (nSPS) is 16.7. The van der Waals surface area contributed by atoms with E-state index in [0.29, 0.717) is 27.8 Å². The summed E-state index contributed by atoms with van der Waals surface area (Å²) in [4.78, 5) is 37.3. The van der Waals surface area contributed by atoms with Crippen LogP contribution >= 0.6 is 11.3 Å². The molecule has 1 aliphatic heterocycles. The number of amides is 1. The fraction of sp³-hybridized carbons (Fsp3) is 0.300. The Balaban J connectivity index is 1.42. The predicted molar refractivity (Wildman–Crippen MR) is 112 cm³/mol. The van der Waals surface area contributed by atoms with E-state index in [1.165, 1.54) is 15.7 Å². The van der Waals surface area contributed by atoms with E-state index in [0.717, 1.165) is 24.9 Å². The van der Waals surface area contributed by atoms with Crippen molar-refractivity contribution in [2.45, 2.75) is 25.4 Å². The van der Waals surface area contributed by atoms with E-state index >= 15 is 0 Å². The number of aryl methyl sites for hydroxylation is 1. The van der Waals surface area contributed by atoms with E-state index in [2.05, 4.69) is 15.3 Å². The number of nitrogens with one attached hydrogen (secondary N) is 1. The highest BCUT2D eigenvalue weighted by Gasteiger charge is 2.33. The van der Waals surface area contributed by atoms with Crippen LogP contribution in [0.25, 0.3) is 16.1 Å². The van der Waals surface area contributed by atoms with Gasteiger partial charge in [0.05, 0.1) is 0 Å². The summed E-state index contributed by atoms with van der Waals surface area (Å²) in [6.45, 7) is 1.24. The number of carbonyl (C=O) groups excluding carboxylic acids is 1.